The second kappa shape index (κ2) is 4.87. The number of hydrogen-bond acceptors (Lipinski definition) is 3. The monoisotopic (exact) mass is 256 g/mol. The van der Waals surface area contributed by atoms with Crippen LogP contribution in [0.1, 0.15) is 17.5 Å². The van der Waals surface area contributed by atoms with E-state index in [0.717, 1.165) is 5.76 Å². The van der Waals surface area contributed by atoms with E-state index in [1.807, 2.05) is 12.1 Å². The number of pyridine rings is 1. The predicted molar refractivity (Wildman–Crippen MR) is 63.6 cm³/mol. The molecular formula is C11H10Cl2N2O. The Morgan fingerprint density at radius 2 is 2.25 bits per heavy atom. The van der Waals surface area contributed by atoms with Gasteiger partial charge in [-0.2, -0.15) is 0 Å². The highest BCUT2D eigenvalue weighted by Crippen LogP contribution is 2.24. The molecule has 0 aromatic carbocycles. The van der Waals surface area contributed by atoms with E-state index in [0.29, 0.717) is 22.2 Å². The number of furan rings is 1. The van der Waals surface area contributed by atoms with Crippen LogP contribution in [0.2, 0.25) is 10.0 Å². The quantitative estimate of drug-likeness (QED) is 0.918. The van der Waals surface area contributed by atoms with E-state index in [1.165, 1.54) is 6.20 Å². The van der Waals surface area contributed by atoms with E-state index in [2.05, 4.69) is 4.98 Å². The lowest BCUT2D eigenvalue weighted by atomic mass is 10.1. The van der Waals surface area contributed by atoms with Crippen molar-refractivity contribution in [3.05, 3.63) is 52.2 Å². The van der Waals surface area contributed by atoms with Gasteiger partial charge in [-0.15, -0.1) is 0 Å². The van der Waals surface area contributed by atoms with Crippen molar-refractivity contribution in [1.29, 1.82) is 0 Å². The first-order chi connectivity index (χ1) is 7.66. The fourth-order valence-corrected chi connectivity index (χ4v) is 1.96. The molecule has 0 radical (unpaired) electrons. The van der Waals surface area contributed by atoms with E-state index < -0.39 is 0 Å². The third-order valence-corrected chi connectivity index (χ3v) is 2.70. The van der Waals surface area contributed by atoms with Gasteiger partial charge in [0.2, 0.25) is 0 Å². The van der Waals surface area contributed by atoms with Crippen molar-refractivity contribution in [2.75, 3.05) is 0 Å². The molecular weight excluding hydrogens is 247 g/mol. The van der Waals surface area contributed by atoms with Crippen molar-refractivity contribution < 1.29 is 4.42 Å². The Morgan fingerprint density at radius 3 is 2.88 bits per heavy atom. The highest BCUT2D eigenvalue weighted by atomic mass is 35.5. The Bertz CT molecular complexity index is 471. The second-order valence-corrected chi connectivity index (χ2v) is 4.25. The molecule has 0 saturated carbocycles. The SMILES string of the molecule is NC(Cc1ccco1)c1ncc(Cl)cc1Cl. The van der Waals surface area contributed by atoms with Crippen LogP contribution < -0.4 is 5.73 Å². The minimum absolute atomic E-state index is 0.295. The number of halogens is 2. The summed E-state index contributed by atoms with van der Waals surface area (Å²) in [4.78, 5) is 4.13. The van der Waals surface area contributed by atoms with Gasteiger partial charge in [0.15, 0.2) is 0 Å². The van der Waals surface area contributed by atoms with Gasteiger partial charge in [-0.05, 0) is 18.2 Å². The summed E-state index contributed by atoms with van der Waals surface area (Å²) in [6, 6.07) is 5.02. The van der Waals surface area contributed by atoms with E-state index in [-0.39, 0.29) is 6.04 Å². The van der Waals surface area contributed by atoms with E-state index in [1.54, 1.807) is 12.3 Å². The second-order valence-electron chi connectivity index (χ2n) is 3.41. The predicted octanol–water partition coefficient (Wildman–Crippen LogP) is 3.22. The molecule has 0 aliphatic rings. The molecule has 16 heavy (non-hydrogen) atoms. The molecule has 0 amide bonds. The maximum Gasteiger partial charge on any atom is 0.105 e. The molecule has 2 rings (SSSR count). The summed E-state index contributed by atoms with van der Waals surface area (Å²) in [5.74, 6) is 0.806. The van der Waals surface area contributed by atoms with Gasteiger partial charge >= 0.3 is 0 Å². The molecule has 0 aliphatic heterocycles. The van der Waals surface area contributed by atoms with Crippen LogP contribution in [0.5, 0.6) is 0 Å². The molecule has 2 N–H and O–H groups in total. The molecule has 0 bridgehead atoms. The minimum Gasteiger partial charge on any atom is -0.469 e. The molecule has 84 valence electrons. The zero-order valence-corrected chi connectivity index (χ0v) is 9.87. The van der Waals surface area contributed by atoms with Crippen molar-refractivity contribution in [3.8, 4) is 0 Å². The molecule has 2 heterocycles. The van der Waals surface area contributed by atoms with Gasteiger partial charge in [-0.3, -0.25) is 4.98 Å². The molecule has 2 aromatic heterocycles. The lowest BCUT2D eigenvalue weighted by Gasteiger charge is -2.11. The van der Waals surface area contributed by atoms with Crippen LogP contribution in [-0.4, -0.2) is 4.98 Å². The Balaban J connectivity index is 2.17. The average molecular weight is 257 g/mol. The molecule has 2 aromatic rings. The fourth-order valence-electron chi connectivity index (χ4n) is 1.44. The van der Waals surface area contributed by atoms with Gasteiger partial charge in [0, 0.05) is 12.6 Å². The highest BCUT2D eigenvalue weighted by Gasteiger charge is 2.14. The molecule has 0 aliphatic carbocycles. The lowest BCUT2D eigenvalue weighted by molar-refractivity contribution is 0.486. The number of aromatic nitrogens is 1. The maximum absolute atomic E-state index is 6.01. The topological polar surface area (TPSA) is 52.0 Å². The van der Waals surface area contributed by atoms with Gasteiger partial charge in [-0.1, -0.05) is 23.2 Å². The summed E-state index contributed by atoms with van der Waals surface area (Å²) >= 11 is 11.8. The van der Waals surface area contributed by atoms with Crippen molar-refractivity contribution in [3.63, 3.8) is 0 Å². The van der Waals surface area contributed by atoms with Crippen molar-refractivity contribution in [1.82, 2.24) is 4.98 Å². The normalized spacial score (nSPS) is 12.7. The van der Waals surface area contributed by atoms with Gasteiger partial charge < -0.3 is 10.2 Å². The number of nitrogens with two attached hydrogens (primary N) is 1. The standard InChI is InChI=1S/C11H10Cl2N2O/c12-7-4-9(13)11(15-6-7)10(14)5-8-2-1-3-16-8/h1-4,6,10H,5,14H2. The Kier molecular flexibility index (Phi) is 3.49. The fraction of sp³-hybridized carbons (Fsp3) is 0.182. The molecule has 0 saturated heterocycles. The van der Waals surface area contributed by atoms with Crippen LogP contribution in [0.4, 0.5) is 0 Å². The average Bonchev–Trinajstić information content (AvgIpc) is 2.70. The molecule has 5 heteroatoms. The summed E-state index contributed by atoms with van der Waals surface area (Å²) in [5, 5.41) is 0.977. The zero-order chi connectivity index (χ0) is 11.5. The first-order valence-corrected chi connectivity index (χ1v) is 5.51. The minimum atomic E-state index is -0.295. The largest absolute Gasteiger partial charge is 0.469 e. The number of hydrogen-bond donors (Lipinski definition) is 1. The molecule has 0 spiro atoms. The third-order valence-electron chi connectivity index (χ3n) is 2.19. The van der Waals surface area contributed by atoms with Crippen LogP contribution in [0.25, 0.3) is 0 Å². The highest BCUT2D eigenvalue weighted by molar-refractivity contribution is 6.34. The number of nitrogens with zero attached hydrogens (tertiary/aromatic N) is 1. The first-order valence-electron chi connectivity index (χ1n) is 4.75. The summed E-state index contributed by atoms with van der Waals surface area (Å²) in [6.45, 7) is 0. The zero-order valence-electron chi connectivity index (χ0n) is 8.36. The Morgan fingerprint density at radius 1 is 1.44 bits per heavy atom. The lowest BCUT2D eigenvalue weighted by Crippen LogP contribution is -2.15. The van der Waals surface area contributed by atoms with Crippen LogP contribution in [-0.2, 0) is 6.42 Å². The summed E-state index contributed by atoms with van der Waals surface area (Å²) < 4.78 is 5.21. The van der Waals surface area contributed by atoms with E-state index >= 15 is 0 Å². The van der Waals surface area contributed by atoms with Crippen molar-refractivity contribution in [2.24, 2.45) is 5.73 Å². The molecule has 1 atom stereocenters. The summed E-state index contributed by atoms with van der Waals surface area (Å²) in [6.07, 6.45) is 3.70. The maximum atomic E-state index is 6.01. The van der Waals surface area contributed by atoms with Crippen LogP contribution in [0, 0.1) is 0 Å². The van der Waals surface area contributed by atoms with Crippen molar-refractivity contribution >= 4 is 23.2 Å². The van der Waals surface area contributed by atoms with Gasteiger partial charge in [0.1, 0.15) is 5.76 Å². The summed E-state index contributed by atoms with van der Waals surface area (Å²) in [7, 11) is 0. The van der Waals surface area contributed by atoms with Crippen LogP contribution >= 0.6 is 23.2 Å². The Labute approximate surface area is 103 Å². The Hall–Kier alpha value is -1.03. The number of rotatable bonds is 3. The molecule has 3 nitrogen and oxygen atoms in total. The molecule has 1 unspecified atom stereocenters. The third kappa shape index (κ3) is 2.55. The smallest absolute Gasteiger partial charge is 0.105 e. The van der Waals surface area contributed by atoms with Gasteiger partial charge in [-0.25, -0.2) is 0 Å². The first kappa shape index (κ1) is 11.5. The summed E-state index contributed by atoms with van der Waals surface area (Å²) in [5.41, 5.74) is 6.61. The van der Waals surface area contributed by atoms with E-state index in [4.69, 9.17) is 33.4 Å². The van der Waals surface area contributed by atoms with E-state index in [9.17, 15) is 0 Å². The van der Waals surface area contributed by atoms with Crippen LogP contribution in [0.3, 0.4) is 0 Å². The van der Waals surface area contributed by atoms with Gasteiger partial charge in [0.05, 0.1) is 28.0 Å². The van der Waals surface area contributed by atoms with Crippen LogP contribution in [0.15, 0.2) is 35.1 Å². The van der Waals surface area contributed by atoms with Crippen molar-refractivity contribution in [2.45, 2.75) is 12.5 Å². The molecule has 0 fully saturated rings. The van der Waals surface area contributed by atoms with Gasteiger partial charge in [0.25, 0.3) is 0 Å².